The van der Waals surface area contributed by atoms with Crippen molar-refractivity contribution in [3.05, 3.63) is 108 Å². The van der Waals surface area contributed by atoms with Crippen LogP contribution in [0.1, 0.15) is 41.4 Å². The number of fused-ring (bicyclic) bond motifs is 1. The zero-order valence-corrected chi connectivity index (χ0v) is 25.7. The van der Waals surface area contributed by atoms with E-state index < -0.39 is 10.0 Å². The van der Waals surface area contributed by atoms with Gasteiger partial charge in [-0.3, -0.25) is 9.52 Å². The number of pyridine rings is 1. The summed E-state index contributed by atoms with van der Waals surface area (Å²) in [7, 11) is -3.37. The molecule has 0 saturated carbocycles. The van der Waals surface area contributed by atoms with Gasteiger partial charge in [-0.25, -0.2) is 23.4 Å². The molecule has 2 heterocycles. The molecule has 0 spiro atoms. The van der Waals surface area contributed by atoms with Crippen LogP contribution < -0.4 is 15.4 Å². The van der Waals surface area contributed by atoms with E-state index in [1.54, 1.807) is 18.2 Å². The minimum absolute atomic E-state index is 0.178. The highest BCUT2D eigenvalue weighted by atomic mass is 32.2. The van der Waals surface area contributed by atoms with E-state index in [1.807, 2.05) is 66.7 Å². The van der Waals surface area contributed by atoms with Crippen molar-refractivity contribution in [3.8, 4) is 0 Å². The summed E-state index contributed by atoms with van der Waals surface area (Å²) in [6.45, 7) is 4.67. The summed E-state index contributed by atoms with van der Waals surface area (Å²) in [5, 5.41) is 7.20. The predicted octanol–water partition coefficient (Wildman–Crippen LogP) is 6.39. The number of carbonyl (C=O) groups excluding carboxylic acids is 1. The SMILES string of the molecule is CC(C)c1ccc2c(Nc3cc(C(=O)NCCc4ccccc4)ccc3Sc3ccc(NS(C)(=O)=O)cc3)ncnc2n1. The highest BCUT2D eigenvalue weighted by molar-refractivity contribution is 7.99. The van der Waals surface area contributed by atoms with Gasteiger partial charge in [-0.05, 0) is 72.5 Å². The normalized spacial score (nSPS) is 11.4. The molecule has 3 aromatic carbocycles. The van der Waals surface area contributed by atoms with Gasteiger partial charge >= 0.3 is 0 Å². The molecule has 5 aromatic rings. The number of amides is 1. The molecular formula is C32H32N6O3S2. The molecule has 0 aliphatic carbocycles. The first-order valence-corrected chi connectivity index (χ1v) is 16.5. The van der Waals surface area contributed by atoms with E-state index in [1.165, 1.54) is 18.1 Å². The first kappa shape index (κ1) is 30.0. The molecule has 0 radical (unpaired) electrons. The maximum absolute atomic E-state index is 13.1. The van der Waals surface area contributed by atoms with Crippen molar-refractivity contribution in [1.29, 1.82) is 0 Å². The van der Waals surface area contributed by atoms with Gasteiger partial charge in [0.25, 0.3) is 5.91 Å². The number of rotatable bonds is 11. The van der Waals surface area contributed by atoms with Crippen LogP contribution in [-0.2, 0) is 16.4 Å². The van der Waals surface area contributed by atoms with Gasteiger partial charge in [-0.2, -0.15) is 0 Å². The first-order valence-electron chi connectivity index (χ1n) is 13.8. The molecule has 0 fully saturated rings. The average molecular weight is 613 g/mol. The third-order valence-electron chi connectivity index (χ3n) is 6.53. The van der Waals surface area contributed by atoms with Crippen molar-refractivity contribution >= 4 is 55.9 Å². The fourth-order valence-corrected chi connectivity index (χ4v) is 5.81. The molecule has 11 heteroatoms. The molecule has 0 atom stereocenters. The van der Waals surface area contributed by atoms with Crippen molar-refractivity contribution in [2.45, 2.75) is 36.0 Å². The summed E-state index contributed by atoms with van der Waals surface area (Å²) in [5.41, 5.74) is 4.35. The maximum Gasteiger partial charge on any atom is 0.251 e. The third kappa shape index (κ3) is 8.08. The Kier molecular flexibility index (Phi) is 9.22. The monoisotopic (exact) mass is 612 g/mol. The zero-order chi connectivity index (χ0) is 30.4. The van der Waals surface area contributed by atoms with Crippen molar-refractivity contribution in [2.75, 3.05) is 22.8 Å². The standard InChI is InChI=1S/C32H32N6O3S2/c1-21(2)27-15-14-26-30(36-27)34-20-35-31(26)37-28-19-23(32(39)33-18-17-22-7-5-4-6-8-22)9-16-29(28)42-25-12-10-24(11-13-25)38-43(3,40)41/h4-16,19-21,38H,17-18H2,1-3H3,(H,33,39)(H,34,35,36,37). The predicted molar refractivity (Wildman–Crippen MR) is 173 cm³/mol. The number of nitrogens with one attached hydrogen (secondary N) is 3. The molecule has 1 amide bonds. The Morgan fingerprint density at radius 2 is 1.70 bits per heavy atom. The largest absolute Gasteiger partial charge is 0.352 e. The fraction of sp³-hybridized carbons (Fsp3) is 0.188. The summed E-state index contributed by atoms with van der Waals surface area (Å²) in [6, 6.07) is 26.5. The van der Waals surface area contributed by atoms with Gasteiger partial charge in [-0.1, -0.05) is 55.9 Å². The molecule has 0 saturated heterocycles. The minimum Gasteiger partial charge on any atom is -0.352 e. The molecule has 0 unspecified atom stereocenters. The van der Waals surface area contributed by atoms with Crippen molar-refractivity contribution in [3.63, 3.8) is 0 Å². The molecule has 2 aromatic heterocycles. The molecule has 43 heavy (non-hydrogen) atoms. The van der Waals surface area contributed by atoms with Crippen LogP contribution in [0.5, 0.6) is 0 Å². The lowest BCUT2D eigenvalue weighted by atomic mass is 10.1. The third-order valence-corrected chi connectivity index (χ3v) is 8.22. The zero-order valence-electron chi connectivity index (χ0n) is 24.0. The smallest absolute Gasteiger partial charge is 0.251 e. The van der Waals surface area contributed by atoms with E-state index in [4.69, 9.17) is 4.98 Å². The van der Waals surface area contributed by atoms with E-state index in [0.717, 1.165) is 39.1 Å². The molecule has 9 nitrogen and oxygen atoms in total. The van der Waals surface area contributed by atoms with E-state index >= 15 is 0 Å². The number of carbonyl (C=O) groups is 1. The van der Waals surface area contributed by atoms with E-state index in [2.05, 4.69) is 39.2 Å². The molecular weight excluding hydrogens is 581 g/mol. The number of hydrogen-bond donors (Lipinski definition) is 3. The Balaban J connectivity index is 1.43. The van der Waals surface area contributed by atoms with E-state index in [9.17, 15) is 13.2 Å². The fourth-order valence-electron chi connectivity index (χ4n) is 4.36. The molecule has 0 bridgehead atoms. The second-order valence-corrected chi connectivity index (χ2v) is 13.2. The van der Waals surface area contributed by atoms with E-state index in [0.29, 0.717) is 34.9 Å². The van der Waals surface area contributed by atoms with Crippen LogP contribution in [-0.4, -0.2) is 42.1 Å². The molecule has 0 aliphatic rings. The van der Waals surface area contributed by atoms with Crippen LogP contribution in [0, 0.1) is 0 Å². The lowest BCUT2D eigenvalue weighted by Crippen LogP contribution is -2.25. The van der Waals surface area contributed by atoms with Crippen LogP contribution in [0.25, 0.3) is 11.0 Å². The lowest BCUT2D eigenvalue weighted by Gasteiger charge is -2.15. The van der Waals surface area contributed by atoms with Gasteiger partial charge in [0.15, 0.2) is 5.65 Å². The summed E-state index contributed by atoms with van der Waals surface area (Å²) in [6.07, 6.45) is 3.32. The van der Waals surface area contributed by atoms with Crippen LogP contribution in [0.2, 0.25) is 0 Å². The Bertz CT molecular complexity index is 1850. The number of anilines is 3. The number of benzene rings is 3. The summed E-state index contributed by atoms with van der Waals surface area (Å²) in [5.74, 6) is 0.654. The van der Waals surface area contributed by atoms with Crippen LogP contribution in [0.3, 0.4) is 0 Å². The number of nitrogens with zero attached hydrogens (tertiary/aromatic N) is 3. The summed E-state index contributed by atoms with van der Waals surface area (Å²) >= 11 is 1.48. The van der Waals surface area contributed by atoms with Gasteiger partial charge < -0.3 is 10.6 Å². The van der Waals surface area contributed by atoms with Gasteiger partial charge in [0.1, 0.15) is 12.1 Å². The molecule has 220 valence electrons. The lowest BCUT2D eigenvalue weighted by molar-refractivity contribution is 0.0954. The Morgan fingerprint density at radius 3 is 2.42 bits per heavy atom. The van der Waals surface area contributed by atoms with E-state index in [-0.39, 0.29) is 11.8 Å². The first-order chi connectivity index (χ1) is 20.6. The minimum atomic E-state index is -3.37. The summed E-state index contributed by atoms with van der Waals surface area (Å²) in [4.78, 5) is 28.4. The van der Waals surface area contributed by atoms with Gasteiger partial charge in [0, 0.05) is 33.3 Å². The number of hydrogen-bond acceptors (Lipinski definition) is 8. The Hall–Kier alpha value is -4.48. The number of aromatic nitrogens is 3. The topological polar surface area (TPSA) is 126 Å². The molecule has 3 N–H and O–H groups in total. The average Bonchev–Trinajstić information content (AvgIpc) is 2.98. The summed E-state index contributed by atoms with van der Waals surface area (Å²) < 4.78 is 25.7. The van der Waals surface area contributed by atoms with Gasteiger partial charge in [0.05, 0.1) is 17.3 Å². The highest BCUT2D eigenvalue weighted by Gasteiger charge is 2.15. The maximum atomic E-state index is 13.1. The van der Waals surface area contributed by atoms with Gasteiger partial charge in [-0.15, -0.1) is 0 Å². The van der Waals surface area contributed by atoms with Gasteiger partial charge in [0.2, 0.25) is 10.0 Å². The quantitative estimate of drug-likeness (QED) is 0.157. The number of sulfonamides is 1. The van der Waals surface area contributed by atoms with Crippen molar-refractivity contribution in [2.24, 2.45) is 0 Å². The second-order valence-electron chi connectivity index (χ2n) is 10.3. The van der Waals surface area contributed by atoms with Crippen molar-refractivity contribution in [1.82, 2.24) is 20.3 Å². The second kappa shape index (κ2) is 13.2. The van der Waals surface area contributed by atoms with Crippen molar-refractivity contribution < 1.29 is 13.2 Å². The Morgan fingerprint density at radius 1 is 0.930 bits per heavy atom. The Labute approximate surface area is 255 Å². The highest BCUT2D eigenvalue weighted by Crippen LogP contribution is 2.37. The van der Waals surface area contributed by atoms with Crippen LogP contribution >= 0.6 is 11.8 Å². The van der Waals surface area contributed by atoms with Crippen LogP contribution in [0.4, 0.5) is 17.2 Å². The van der Waals surface area contributed by atoms with Crippen LogP contribution in [0.15, 0.2) is 101 Å². The molecule has 5 rings (SSSR count). The molecule has 0 aliphatic heterocycles.